The average Bonchev–Trinajstić information content (AvgIpc) is 2.03. The van der Waals surface area contributed by atoms with Crippen molar-refractivity contribution < 1.29 is 0 Å². The molecule has 1 aromatic rings. The van der Waals surface area contributed by atoms with E-state index in [1.807, 2.05) is 12.1 Å². The summed E-state index contributed by atoms with van der Waals surface area (Å²) < 4.78 is 1.03. The summed E-state index contributed by atoms with van der Waals surface area (Å²) in [7, 11) is 0. The molecule has 3 heteroatoms. The molecule has 0 aromatic heterocycles. The third kappa shape index (κ3) is 3.29. The highest BCUT2D eigenvalue weighted by molar-refractivity contribution is 9.10. The predicted molar refractivity (Wildman–Crippen MR) is 61.2 cm³/mol. The van der Waals surface area contributed by atoms with Gasteiger partial charge in [0.2, 0.25) is 0 Å². The molecule has 1 N–H and O–H groups in total. The first-order valence-corrected chi connectivity index (χ1v) is 5.50. The molecule has 72 valence electrons. The summed E-state index contributed by atoms with van der Waals surface area (Å²) in [6, 6.07) is 6.31. The van der Waals surface area contributed by atoms with E-state index in [0.717, 1.165) is 16.0 Å². The largest absolute Gasteiger partial charge is 0.310 e. The van der Waals surface area contributed by atoms with E-state index < -0.39 is 0 Å². The van der Waals surface area contributed by atoms with Gasteiger partial charge in [-0.05, 0) is 37.2 Å². The van der Waals surface area contributed by atoms with Gasteiger partial charge in [0.1, 0.15) is 0 Å². The van der Waals surface area contributed by atoms with Crippen molar-refractivity contribution in [3.63, 3.8) is 0 Å². The van der Waals surface area contributed by atoms with Crippen LogP contribution in [-0.2, 0) is 0 Å². The van der Waals surface area contributed by atoms with Crippen molar-refractivity contribution in [3.8, 4) is 0 Å². The monoisotopic (exact) mass is 261 g/mol. The minimum atomic E-state index is 0.347. The molecule has 0 aliphatic heterocycles. The molecule has 0 saturated carbocycles. The fourth-order valence-electron chi connectivity index (χ4n) is 1.25. The summed E-state index contributed by atoms with van der Waals surface area (Å²) in [6.07, 6.45) is 0. The van der Waals surface area contributed by atoms with Crippen LogP contribution in [0.25, 0.3) is 0 Å². The minimum Gasteiger partial charge on any atom is -0.310 e. The zero-order valence-electron chi connectivity index (χ0n) is 7.77. The summed E-state index contributed by atoms with van der Waals surface area (Å²) in [5.41, 5.74) is 1.21. The van der Waals surface area contributed by atoms with Crippen LogP contribution in [0.5, 0.6) is 0 Å². The summed E-state index contributed by atoms with van der Waals surface area (Å²) in [5.74, 6) is 0. The molecule has 0 aliphatic rings. The first kappa shape index (κ1) is 11.0. The van der Waals surface area contributed by atoms with Gasteiger partial charge in [-0.25, -0.2) is 0 Å². The van der Waals surface area contributed by atoms with Crippen molar-refractivity contribution in [1.82, 2.24) is 5.32 Å². The Labute approximate surface area is 92.6 Å². The van der Waals surface area contributed by atoms with Crippen LogP contribution in [0, 0.1) is 0 Å². The van der Waals surface area contributed by atoms with Gasteiger partial charge < -0.3 is 5.32 Å². The Morgan fingerprint density at radius 3 is 2.69 bits per heavy atom. The maximum Gasteiger partial charge on any atom is 0.0420 e. The molecule has 0 heterocycles. The number of halogens is 2. The van der Waals surface area contributed by atoms with Crippen molar-refractivity contribution in [3.05, 3.63) is 33.3 Å². The van der Waals surface area contributed by atoms with E-state index in [-0.39, 0.29) is 0 Å². The lowest BCUT2D eigenvalue weighted by Crippen LogP contribution is -2.17. The van der Waals surface area contributed by atoms with Crippen molar-refractivity contribution in [1.29, 1.82) is 0 Å². The van der Waals surface area contributed by atoms with Gasteiger partial charge >= 0.3 is 0 Å². The van der Waals surface area contributed by atoms with Gasteiger partial charge in [-0.3, -0.25) is 0 Å². The van der Waals surface area contributed by atoms with Crippen LogP contribution < -0.4 is 5.32 Å². The van der Waals surface area contributed by atoms with Gasteiger partial charge in [0.25, 0.3) is 0 Å². The van der Waals surface area contributed by atoms with E-state index in [9.17, 15) is 0 Å². The zero-order valence-corrected chi connectivity index (χ0v) is 10.1. The Kier molecular flexibility index (Phi) is 4.23. The molecule has 0 amide bonds. The molecule has 1 atom stereocenters. The molecule has 1 aromatic carbocycles. The highest BCUT2D eigenvalue weighted by atomic mass is 79.9. The van der Waals surface area contributed by atoms with Gasteiger partial charge in [0.05, 0.1) is 0 Å². The molecule has 1 nitrogen and oxygen atoms in total. The molecule has 13 heavy (non-hydrogen) atoms. The van der Waals surface area contributed by atoms with E-state index in [1.165, 1.54) is 5.56 Å². The van der Waals surface area contributed by atoms with Gasteiger partial charge in [-0.2, -0.15) is 0 Å². The fourth-order valence-corrected chi connectivity index (χ4v) is 2.14. The Hall–Kier alpha value is -0.0500. The molecular weight excluding hydrogens is 249 g/mol. The lowest BCUT2D eigenvalue weighted by Gasteiger charge is -2.13. The van der Waals surface area contributed by atoms with Crippen LogP contribution in [-0.4, -0.2) is 6.54 Å². The van der Waals surface area contributed by atoms with E-state index in [1.54, 1.807) is 0 Å². The number of benzene rings is 1. The smallest absolute Gasteiger partial charge is 0.0420 e. The van der Waals surface area contributed by atoms with Gasteiger partial charge in [-0.1, -0.05) is 34.5 Å². The van der Waals surface area contributed by atoms with Crippen LogP contribution in [0.3, 0.4) is 0 Å². The standard InChI is InChI=1S/C10H13BrClN/c1-3-13-7(2)8-4-9(11)6-10(12)5-8/h4-7,13H,3H2,1-2H3. The van der Waals surface area contributed by atoms with Crippen molar-refractivity contribution in [2.45, 2.75) is 19.9 Å². The Balaban J connectivity index is 2.87. The molecule has 0 fully saturated rings. The van der Waals surface area contributed by atoms with Gasteiger partial charge in [-0.15, -0.1) is 0 Å². The Bertz CT molecular complexity index is 268. The maximum atomic E-state index is 5.94. The van der Waals surface area contributed by atoms with Crippen LogP contribution in [0.4, 0.5) is 0 Å². The lowest BCUT2D eigenvalue weighted by molar-refractivity contribution is 0.598. The second-order valence-electron chi connectivity index (χ2n) is 2.98. The minimum absolute atomic E-state index is 0.347. The molecule has 0 saturated heterocycles. The summed E-state index contributed by atoms with van der Waals surface area (Å²) >= 11 is 9.36. The number of hydrogen-bond acceptors (Lipinski definition) is 1. The summed E-state index contributed by atoms with van der Waals surface area (Å²) in [4.78, 5) is 0. The second-order valence-corrected chi connectivity index (χ2v) is 4.33. The normalized spacial score (nSPS) is 12.9. The van der Waals surface area contributed by atoms with Gasteiger partial charge in [0.15, 0.2) is 0 Å². The van der Waals surface area contributed by atoms with Crippen molar-refractivity contribution >= 4 is 27.5 Å². The lowest BCUT2D eigenvalue weighted by atomic mass is 10.1. The average molecular weight is 263 g/mol. The van der Waals surface area contributed by atoms with E-state index in [0.29, 0.717) is 6.04 Å². The fraction of sp³-hybridized carbons (Fsp3) is 0.400. The zero-order chi connectivity index (χ0) is 9.84. The van der Waals surface area contributed by atoms with Crippen molar-refractivity contribution in [2.75, 3.05) is 6.54 Å². The summed E-state index contributed by atoms with van der Waals surface area (Å²) in [5, 5.41) is 4.11. The predicted octanol–water partition coefficient (Wildman–Crippen LogP) is 3.77. The van der Waals surface area contributed by atoms with E-state index in [4.69, 9.17) is 11.6 Å². The third-order valence-corrected chi connectivity index (χ3v) is 2.57. The van der Waals surface area contributed by atoms with E-state index >= 15 is 0 Å². The Morgan fingerprint density at radius 1 is 1.46 bits per heavy atom. The maximum absolute atomic E-state index is 5.94. The molecule has 1 unspecified atom stereocenters. The first-order valence-electron chi connectivity index (χ1n) is 4.33. The second kappa shape index (κ2) is 4.99. The molecule has 0 radical (unpaired) electrons. The number of nitrogens with one attached hydrogen (secondary N) is 1. The topological polar surface area (TPSA) is 12.0 Å². The SMILES string of the molecule is CCNC(C)c1cc(Cl)cc(Br)c1. The van der Waals surface area contributed by atoms with Crippen LogP contribution in [0.2, 0.25) is 5.02 Å². The van der Waals surface area contributed by atoms with Gasteiger partial charge in [0, 0.05) is 15.5 Å². The quantitative estimate of drug-likeness (QED) is 0.874. The van der Waals surface area contributed by atoms with E-state index in [2.05, 4.69) is 41.2 Å². The molecule has 0 spiro atoms. The molecule has 1 rings (SSSR count). The highest BCUT2D eigenvalue weighted by Crippen LogP contribution is 2.23. The first-order chi connectivity index (χ1) is 6.13. The Morgan fingerprint density at radius 2 is 2.15 bits per heavy atom. The molecule has 0 bridgehead atoms. The van der Waals surface area contributed by atoms with Crippen LogP contribution in [0.1, 0.15) is 25.5 Å². The summed E-state index contributed by atoms with van der Waals surface area (Å²) in [6.45, 7) is 5.18. The molecule has 0 aliphatic carbocycles. The third-order valence-electron chi connectivity index (χ3n) is 1.90. The van der Waals surface area contributed by atoms with Crippen LogP contribution in [0.15, 0.2) is 22.7 Å². The molecular formula is C10H13BrClN. The van der Waals surface area contributed by atoms with Crippen molar-refractivity contribution in [2.24, 2.45) is 0 Å². The van der Waals surface area contributed by atoms with Crippen LogP contribution >= 0.6 is 27.5 Å². The number of rotatable bonds is 3. The number of hydrogen-bond donors (Lipinski definition) is 1. The highest BCUT2D eigenvalue weighted by Gasteiger charge is 2.04.